The van der Waals surface area contributed by atoms with E-state index in [1.54, 1.807) is 6.26 Å². The Bertz CT molecular complexity index is 112. The molecule has 1 N–H and O–H groups in total. The molecule has 1 atom stereocenters. The molecule has 0 bridgehead atoms. The molecule has 0 saturated carbocycles. The lowest BCUT2D eigenvalue weighted by Gasteiger charge is -2.20. The van der Waals surface area contributed by atoms with Gasteiger partial charge in [0.25, 0.3) is 0 Å². The van der Waals surface area contributed by atoms with Gasteiger partial charge in [-0.15, -0.1) is 0 Å². The SMILES string of the molecule is CCCCC1NCC=CO1. The molecule has 2 heteroatoms. The molecule has 0 aromatic heterocycles. The van der Waals surface area contributed by atoms with Crippen molar-refractivity contribution in [3.63, 3.8) is 0 Å². The Morgan fingerprint density at radius 1 is 1.70 bits per heavy atom. The third kappa shape index (κ3) is 2.40. The fourth-order valence-electron chi connectivity index (χ4n) is 1.01. The van der Waals surface area contributed by atoms with E-state index in [4.69, 9.17) is 4.74 Å². The van der Waals surface area contributed by atoms with Crippen LogP contribution in [0.2, 0.25) is 0 Å². The topological polar surface area (TPSA) is 21.3 Å². The molecule has 0 aliphatic carbocycles. The summed E-state index contributed by atoms with van der Waals surface area (Å²) in [6, 6.07) is 0. The maximum absolute atomic E-state index is 5.29. The minimum absolute atomic E-state index is 0.268. The summed E-state index contributed by atoms with van der Waals surface area (Å²) in [4.78, 5) is 0. The number of hydrogen-bond donors (Lipinski definition) is 1. The summed E-state index contributed by atoms with van der Waals surface area (Å²) in [7, 11) is 0. The molecule has 1 heterocycles. The van der Waals surface area contributed by atoms with Gasteiger partial charge in [-0.1, -0.05) is 13.3 Å². The van der Waals surface area contributed by atoms with Gasteiger partial charge in [0.05, 0.1) is 6.26 Å². The van der Waals surface area contributed by atoms with Gasteiger partial charge in [0.15, 0.2) is 0 Å². The van der Waals surface area contributed by atoms with Crippen LogP contribution in [0.25, 0.3) is 0 Å². The number of ether oxygens (including phenoxy) is 1. The molecule has 0 radical (unpaired) electrons. The summed E-state index contributed by atoms with van der Waals surface area (Å²) in [6.45, 7) is 3.15. The second-order valence-electron chi connectivity index (χ2n) is 2.55. The van der Waals surface area contributed by atoms with Crippen molar-refractivity contribution >= 4 is 0 Å². The van der Waals surface area contributed by atoms with Crippen LogP contribution >= 0.6 is 0 Å². The summed E-state index contributed by atoms with van der Waals surface area (Å²) in [5.74, 6) is 0. The molecule has 1 rings (SSSR count). The van der Waals surface area contributed by atoms with Crippen LogP contribution < -0.4 is 5.32 Å². The second kappa shape index (κ2) is 4.34. The zero-order valence-corrected chi connectivity index (χ0v) is 6.47. The van der Waals surface area contributed by atoms with E-state index in [2.05, 4.69) is 12.2 Å². The highest BCUT2D eigenvalue weighted by Gasteiger charge is 2.07. The maximum atomic E-state index is 5.29. The van der Waals surface area contributed by atoms with Gasteiger partial charge in [-0.2, -0.15) is 0 Å². The monoisotopic (exact) mass is 141 g/mol. The van der Waals surface area contributed by atoms with Crippen molar-refractivity contribution in [2.24, 2.45) is 0 Å². The minimum atomic E-state index is 0.268. The van der Waals surface area contributed by atoms with E-state index in [1.165, 1.54) is 12.8 Å². The van der Waals surface area contributed by atoms with E-state index in [1.807, 2.05) is 6.08 Å². The number of unbranched alkanes of at least 4 members (excludes halogenated alkanes) is 1. The lowest BCUT2D eigenvalue weighted by atomic mass is 10.2. The molecule has 0 aromatic rings. The van der Waals surface area contributed by atoms with Gasteiger partial charge in [0, 0.05) is 6.54 Å². The Hall–Kier alpha value is -0.500. The molecule has 0 amide bonds. The lowest BCUT2D eigenvalue weighted by Crippen LogP contribution is -2.33. The molecule has 0 saturated heterocycles. The highest BCUT2D eigenvalue weighted by molar-refractivity contribution is 4.82. The molecule has 58 valence electrons. The van der Waals surface area contributed by atoms with E-state index < -0.39 is 0 Å². The summed E-state index contributed by atoms with van der Waals surface area (Å²) in [6.07, 6.45) is 7.65. The first-order chi connectivity index (χ1) is 4.93. The van der Waals surface area contributed by atoms with Gasteiger partial charge in [0.2, 0.25) is 0 Å². The Balaban J connectivity index is 2.10. The Morgan fingerprint density at radius 2 is 2.60 bits per heavy atom. The van der Waals surface area contributed by atoms with Gasteiger partial charge in [-0.05, 0) is 18.9 Å². The number of rotatable bonds is 3. The van der Waals surface area contributed by atoms with Crippen LogP contribution in [0.1, 0.15) is 26.2 Å². The molecule has 0 spiro atoms. The second-order valence-corrected chi connectivity index (χ2v) is 2.55. The van der Waals surface area contributed by atoms with Crippen LogP contribution in [0.4, 0.5) is 0 Å². The van der Waals surface area contributed by atoms with Gasteiger partial charge in [-0.3, -0.25) is 5.32 Å². The van der Waals surface area contributed by atoms with Crippen molar-refractivity contribution < 1.29 is 4.74 Å². The molecule has 1 aliphatic heterocycles. The molecule has 10 heavy (non-hydrogen) atoms. The summed E-state index contributed by atoms with van der Waals surface area (Å²) in [5.41, 5.74) is 0. The summed E-state index contributed by atoms with van der Waals surface area (Å²) < 4.78 is 5.29. The smallest absolute Gasteiger partial charge is 0.149 e. The van der Waals surface area contributed by atoms with E-state index in [-0.39, 0.29) is 6.23 Å². The first-order valence-electron chi connectivity index (χ1n) is 3.97. The van der Waals surface area contributed by atoms with Gasteiger partial charge in [-0.25, -0.2) is 0 Å². The fraction of sp³-hybridized carbons (Fsp3) is 0.750. The van der Waals surface area contributed by atoms with Crippen molar-refractivity contribution in [1.82, 2.24) is 5.32 Å². The highest BCUT2D eigenvalue weighted by atomic mass is 16.5. The van der Waals surface area contributed by atoms with Gasteiger partial charge >= 0.3 is 0 Å². The number of hydrogen-bond acceptors (Lipinski definition) is 2. The quantitative estimate of drug-likeness (QED) is 0.645. The van der Waals surface area contributed by atoms with Crippen LogP contribution in [0.5, 0.6) is 0 Å². The first-order valence-corrected chi connectivity index (χ1v) is 3.97. The Labute approximate surface area is 62.3 Å². The predicted octanol–water partition coefficient (Wildman–Crippen LogP) is 1.64. The average molecular weight is 141 g/mol. The molecule has 1 unspecified atom stereocenters. The molecule has 2 nitrogen and oxygen atoms in total. The Kier molecular flexibility index (Phi) is 3.30. The molecular formula is C8H15NO. The minimum Gasteiger partial charge on any atom is -0.483 e. The van der Waals surface area contributed by atoms with E-state index in [0.29, 0.717) is 0 Å². The van der Waals surface area contributed by atoms with Crippen molar-refractivity contribution in [3.05, 3.63) is 12.3 Å². The van der Waals surface area contributed by atoms with Crippen LogP contribution in [0.15, 0.2) is 12.3 Å². The zero-order valence-electron chi connectivity index (χ0n) is 6.47. The lowest BCUT2D eigenvalue weighted by molar-refractivity contribution is 0.0928. The van der Waals surface area contributed by atoms with Gasteiger partial charge < -0.3 is 4.74 Å². The fourth-order valence-corrected chi connectivity index (χ4v) is 1.01. The standard InChI is InChI=1S/C8H15NO/c1-2-3-5-8-9-6-4-7-10-8/h4,7-9H,2-3,5-6H2,1H3. The summed E-state index contributed by atoms with van der Waals surface area (Å²) >= 11 is 0. The Morgan fingerprint density at radius 3 is 3.20 bits per heavy atom. The largest absolute Gasteiger partial charge is 0.483 e. The number of nitrogens with one attached hydrogen (secondary N) is 1. The molecule has 1 aliphatic rings. The third-order valence-electron chi connectivity index (χ3n) is 1.62. The van der Waals surface area contributed by atoms with E-state index >= 15 is 0 Å². The highest BCUT2D eigenvalue weighted by Crippen LogP contribution is 2.04. The average Bonchev–Trinajstić information content (AvgIpc) is 2.03. The van der Waals surface area contributed by atoms with E-state index in [0.717, 1.165) is 13.0 Å². The van der Waals surface area contributed by atoms with E-state index in [9.17, 15) is 0 Å². The van der Waals surface area contributed by atoms with Crippen molar-refractivity contribution in [2.45, 2.75) is 32.4 Å². The normalized spacial score (nSPS) is 24.3. The van der Waals surface area contributed by atoms with Crippen molar-refractivity contribution in [3.8, 4) is 0 Å². The van der Waals surface area contributed by atoms with Gasteiger partial charge in [0.1, 0.15) is 6.23 Å². The molecular weight excluding hydrogens is 126 g/mol. The maximum Gasteiger partial charge on any atom is 0.149 e. The third-order valence-corrected chi connectivity index (χ3v) is 1.62. The van der Waals surface area contributed by atoms with Crippen LogP contribution in [0.3, 0.4) is 0 Å². The van der Waals surface area contributed by atoms with Crippen molar-refractivity contribution in [1.29, 1.82) is 0 Å². The summed E-state index contributed by atoms with van der Waals surface area (Å²) in [5, 5.41) is 3.24. The zero-order chi connectivity index (χ0) is 7.23. The van der Waals surface area contributed by atoms with Crippen LogP contribution in [0, 0.1) is 0 Å². The first kappa shape index (κ1) is 7.61. The van der Waals surface area contributed by atoms with Crippen molar-refractivity contribution in [2.75, 3.05) is 6.54 Å². The van der Waals surface area contributed by atoms with Crippen LogP contribution in [-0.2, 0) is 4.74 Å². The molecule has 0 aromatic carbocycles. The predicted molar refractivity (Wildman–Crippen MR) is 41.5 cm³/mol. The molecule has 0 fully saturated rings. The van der Waals surface area contributed by atoms with Crippen LogP contribution in [-0.4, -0.2) is 12.8 Å².